The van der Waals surface area contributed by atoms with E-state index in [2.05, 4.69) is 5.32 Å². The molecule has 0 atom stereocenters. The number of carbonyl (C=O) groups excluding carboxylic acids is 1. The van der Waals surface area contributed by atoms with Crippen molar-refractivity contribution in [1.82, 2.24) is 0 Å². The maximum atomic E-state index is 12.8. The van der Waals surface area contributed by atoms with Gasteiger partial charge in [0.25, 0.3) is 0 Å². The Morgan fingerprint density at radius 3 is 2.65 bits per heavy atom. The van der Waals surface area contributed by atoms with Crippen LogP contribution in [-0.4, -0.2) is 17.6 Å². The monoisotopic (exact) mass is 317 g/mol. The summed E-state index contributed by atoms with van der Waals surface area (Å²) in [4.78, 5) is 11.9. The fourth-order valence-electron chi connectivity index (χ4n) is 2.07. The molecular formula is C18H20FNO3. The lowest BCUT2D eigenvalue weighted by Crippen LogP contribution is -2.13. The number of aliphatic hydroxyl groups is 1. The molecule has 1 amide bonds. The van der Waals surface area contributed by atoms with Gasteiger partial charge in [0.2, 0.25) is 5.91 Å². The van der Waals surface area contributed by atoms with Crippen molar-refractivity contribution >= 4 is 11.6 Å². The van der Waals surface area contributed by atoms with Crippen molar-refractivity contribution < 1.29 is 19.0 Å². The summed E-state index contributed by atoms with van der Waals surface area (Å²) >= 11 is 0. The molecule has 0 spiro atoms. The highest BCUT2D eigenvalue weighted by molar-refractivity contribution is 5.91. The van der Waals surface area contributed by atoms with E-state index in [1.807, 2.05) is 19.1 Å². The van der Waals surface area contributed by atoms with Gasteiger partial charge in [0.1, 0.15) is 11.6 Å². The summed E-state index contributed by atoms with van der Waals surface area (Å²) in [5, 5.41) is 12.0. The number of rotatable bonds is 7. The Bertz CT molecular complexity index is 656. The lowest BCUT2D eigenvalue weighted by Gasteiger charge is -2.10. The normalized spacial score (nSPS) is 10.4. The van der Waals surface area contributed by atoms with Gasteiger partial charge in [-0.05, 0) is 54.8 Å². The van der Waals surface area contributed by atoms with Gasteiger partial charge in [-0.15, -0.1) is 0 Å². The second kappa shape index (κ2) is 8.29. The number of anilines is 1. The van der Waals surface area contributed by atoms with Gasteiger partial charge in [-0.2, -0.15) is 0 Å². The molecule has 2 aromatic rings. The van der Waals surface area contributed by atoms with Crippen LogP contribution in [0.15, 0.2) is 42.5 Å². The van der Waals surface area contributed by atoms with Crippen LogP contribution < -0.4 is 10.1 Å². The van der Waals surface area contributed by atoms with Crippen LogP contribution in [0.25, 0.3) is 0 Å². The highest BCUT2D eigenvalue weighted by Crippen LogP contribution is 2.17. The van der Waals surface area contributed by atoms with Gasteiger partial charge in [0, 0.05) is 12.1 Å². The molecule has 0 aliphatic heterocycles. The highest BCUT2D eigenvalue weighted by Gasteiger charge is 2.06. The number of nitrogens with one attached hydrogen (secondary N) is 1. The minimum absolute atomic E-state index is 0.0609. The third kappa shape index (κ3) is 5.38. The van der Waals surface area contributed by atoms with E-state index >= 15 is 0 Å². The molecule has 0 radical (unpaired) electrons. The Balaban J connectivity index is 1.76. The summed E-state index contributed by atoms with van der Waals surface area (Å²) in [6, 6.07) is 11.2. The standard InChI is InChI=1S/C18H20FNO3/c1-13-4-5-14(12-21)11-17(13)20-18(22)3-2-10-23-16-8-6-15(19)7-9-16/h4-9,11,21H,2-3,10,12H2,1H3,(H,20,22). The maximum Gasteiger partial charge on any atom is 0.224 e. The Morgan fingerprint density at radius 1 is 1.22 bits per heavy atom. The number of aryl methyl sites for hydroxylation is 1. The Labute approximate surface area is 134 Å². The second-order valence-electron chi connectivity index (χ2n) is 5.26. The molecule has 0 fully saturated rings. The van der Waals surface area contributed by atoms with Crippen molar-refractivity contribution in [2.45, 2.75) is 26.4 Å². The molecule has 23 heavy (non-hydrogen) atoms. The predicted octanol–water partition coefficient (Wildman–Crippen LogP) is 3.42. The van der Waals surface area contributed by atoms with Crippen molar-refractivity contribution in [3.05, 3.63) is 59.4 Å². The van der Waals surface area contributed by atoms with Gasteiger partial charge in [-0.25, -0.2) is 4.39 Å². The molecule has 0 aliphatic carbocycles. The molecule has 2 rings (SSSR count). The fourth-order valence-corrected chi connectivity index (χ4v) is 2.07. The van der Waals surface area contributed by atoms with E-state index in [1.54, 1.807) is 18.2 Å². The van der Waals surface area contributed by atoms with Gasteiger partial charge in [-0.1, -0.05) is 12.1 Å². The smallest absolute Gasteiger partial charge is 0.224 e. The van der Waals surface area contributed by atoms with Gasteiger partial charge < -0.3 is 15.2 Å². The quantitative estimate of drug-likeness (QED) is 0.769. The molecule has 122 valence electrons. The molecule has 0 aliphatic rings. The number of ether oxygens (including phenoxy) is 1. The van der Waals surface area contributed by atoms with Gasteiger partial charge in [0.05, 0.1) is 13.2 Å². The second-order valence-corrected chi connectivity index (χ2v) is 5.26. The number of aliphatic hydroxyl groups excluding tert-OH is 1. The van der Waals surface area contributed by atoms with Crippen LogP contribution in [0.2, 0.25) is 0 Å². The molecule has 2 aromatic carbocycles. The molecule has 0 aromatic heterocycles. The van der Waals surface area contributed by atoms with Crippen LogP contribution in [-0.2, 0) is 11.4 Å². The Hall–Kier alpha value is -2.40. The zero-order valence-corrected chi connectivity index (χ0v) is 13.0. The van der Waals surface area contributed by atoms with Crippen LogP contribution in [0.4, 0.5) is 10.1 Å². The number of carbonyl (C=O) groups is 1. The maximum absolute atomic E-state index is 12.8. The zero-order valence-electron chi connectivity index (χ0n) is 13.0. The van der Waals surface area contributed by atoms with E-state index in [9.17, 15) is 9.18 Å². The number of halogens is 1. The van der Waals surface area contributed by atoms with Crippen molar-refractivity contribution in [2.24, 2.45) is 0 Å². The van der Waals surface area contributed by atoms with Gasteiger partial charge >= 0.3 is 0 Å². The minimum atomic E-state index is -0.308. The van der Waals surface area contributed by atoms with E-state index in [1.165, 1.54) is 12.1 Å². The zero-order chi connectivity index (χ0) is 16.7. The van der Waals surface area contributed by atoms with Crippen LogP contribution in [0.5, 0.6) is 5.75 Å². The molecule has 0 saturated heterocycles. The molecular weight excluding hydrogens is 297 g/mol. The first kappa shape index (κ1) is 17.0. The lowest BCUT2D eigenvalue weighted by atomic mass is 10.1. The number of benzene rings is 2. The van der Waals surface area contributed by atoms with Crippen molar-refractivity contribution in [2.75, 3.05) is 11.9 Å². The van der Waals surface area contributed by atoms with E-state index in [4.69, 9.17) is 9.84 Å². The fraction of sp³-hybridized carbons (Fsp3) is 0.278. The third-order valence-electron chi connectivity index (χ3n) is 3.39. The van der Waals surface area contributed by atoms with Crippen molar-refractivity contribution in [3.8, 4) is 5.75 Å². The summed E-state index contributed by atoms with van der Waals surface area (Å²) in [6.07, 6.45) is 0.881. The van der Waals surface area contributed by atoms with Crippen LogP contribution >= 0.6 is 0 Å². The van der Waals surface area contributed by atoms with E-state index in [-0.39, 0.29) is 18.3 Å². The van der Waals surface area contributed by atoms with Crippen molar-refractivity contribution in [1.29, 1.82) is 0 Å². The lowest BCUT2D eigenvalue weighted by molar-refractivity contribution is -0.116. The summed E-state index contributed by atoms with van der Waals surface area (Å²) in [7, 11) is 0. The minimum Gasteiger partial charge on any atom is -0.494 e. The molecule has 2 N–H and O–H groups in total. The molecule has 0 unspecified atom stereocenters. The topological polar surface area (TPSA) is 58.6 Å². The Morgan fingerprint density at radius 2 is 1.96 bits per heavy atom. The van der Waals surface area contributed by atoms with E-state index in [0.717, 1.165) is 11.1 Å². The predicted molar refractivity (Wildman–Crippen MR) is 86.9 cm³/mol. The molecule has 0 heterocycles. The largest absolute Gasteiger partial charge is 0.494 e. The van der Waals surface area contributed by atoms with Gasteiger partial charge in [0.15, 0.2) is 0 Å². The van der Waals surface area contributed by atoms with Crippen LogP contribution in [0, 0.1) is 12.7 Å². The highest BCUT2D eigenvalue weighted by atomic mass is 19.1. The van der Waals surface area contributed by atoms with E-state index < -0.39 is 0 Å². The number of amides is 1. The summed E-state index contributed by atoms with van der Waals surface area (Å²) in [5.74, 6) is 0.168. The summed E-state index contributed by atoms with van der Waals surface area (Å²) < 4.78 is 18.2. The SMILES string of the molecule is Cc1ccc(CO)cc1NC(=O)CCCOc1ccc(F)cc1. The van der Waals surface area contributed by atoms with Crippen molar-refractivity contribution in [3.63, 3.8) is 0 Å². The molecule has 0 saturated carbocycles. The molecule has 0 bridgehead atoms. The number of hydrogen-bond acceptors (Lipinski definition) is 3. The average Bonchev–Trinajstić information content (AvgIpc) is 2.55. The van der Waals surface area contributed by atoms with Crippen LogP contribution in [0.3, 0.4) is 0 Å². The first-order valence-corrected chi connectivity index (χ1v) is 7.47. The third-order valence-corrected chi connectivity index (χ3v) is 3.39. The van der Waals surface area contributed by atoms with Gasteiger partial charge in [-0.3, -0.25) is 4.79 Å². The first-order valence-electron chi connectivity index (χ1n) is 7.47. The summed E-state index contributed by atoms with van der Waals surface area (Å²) in [6.45, 7) is 2.22. The average molecular weight is 317 g/mol. The summed E-state index contributed by atoms with van der Waals surface area (Å²) in [5.41, 5.74) is 2.41. The Kier molecular flexibility index (Phi) is 6.11. The first-order chi connectivity index (χ1) is 11.1. The van der Waals surface area contributed by atoms with Crippen LogP contribution in [0.1, 0.15) is 24.0 Å². The number of hydrogen-bond donors (Lipinski definition) is 2. The van der Waals surface area contributed by atoms with E-state index in [0.29, 0.717) is 30.9 Å². The molecule has 5 heteroatoms. The molecule has 4 nitrogen and oxygen atoms in total.